The van der Waals surface area contributed by atoms with Crippen LogP contribution >= 0.6 is 0 Å². The van der Waals surface area contributed by atoms with Crippen molar-refractivity contribution < 1.29 is 14.6 Å². The molecule has 1 aliphatic carbocycles. The molecule has 2 fully saturated rings. The lowest BCUT2D eigenvalue weighted by Gasteiger charge is -2.22. The first-order valence-corrected chi connectivity index (χ1v) is 5.78. The van der Waals surface area contributed by atoms with Crippen LogP contribution in [0.1, 0.15) is 19.3 Å². The van der Waals surface area contributed by atoms with E-state index in [-0.39, 0.29) is 5.92 Å². The van der Waals surface area contributed by atoms with E-state index >= 15 is 0 Å². The number of carboxylic acids is 1. The minimum atomic E-state index is -0.632. The van der Waals surface area contributed by atoms with Gasteiger partial charge < -0.3 is 15.2 Å². The van der Waals surface area contributed by atoms with E-state index < -0.39 is 5.97 Å². The predicted octanol–water partition coefficient (Wildman–Crippen LogP) is 0.723. The van der Waals surface area contributed by atoms with Gasteiger partial charge in [0.25, 0.3) is 0 Å². The number of hydrogen-bond donors (Lipinski definition) is 2. The molecule has 0 aromatic heterocycles. The van der Waals surface area contributed by atoms with Crippen molar-refractivity contribution in [2.45, 2.75) is 19.3 Å². The van der Waals surface area contributed by atoms with Crippen LogP contribution in [-0.2, 0) is 9.53 Å². The van der Waals surface area contributed by atoms with Crippen LogP contribution in [0.2, 0.25) is 0 Å². The van der Waals surface area contributed by atoms with E-state index in [1.54, 1.807) is 0 Å². The third-order valence-electron chi connectivity index (χ3n) is 3.42. The lowest BCUT2D eigenvalue weighted by atomic mass is 10.0. The number of rotatable bonds is 5. The maximum Gasteiger partial charge on any atom is 0.306 e. The molecule has 0 spiro atoms. The Hall–Kier alpha value is -0.610. The Kier molecular flexibility index (Phi) is 3.59. The Morgan fingerprint density at radius 2 is 2.07 bits per heavy atom. The summed E-state index contributed by atoms with van der Waals surface area (Å²) in [6.07, 6.45) is 3.14. The molecule has 4 nitrogen and oxygen atoms in total. The Labute approximate surface area is 90.0 Å². The van der Waals surface area contributed by atoms with E-state index in [4.69, 9.17) is 9.84 Å². The van der Waals surface area contributed by atoms with Gasteiger partial charge >= 0.3 is 5.97 Å². The third-order valence-corrected chi connectivity index (χ3v) is 3.42. The third kappa shape index (κ3) is 3.18. The first kappa shape index (κ1) is 10.9. The van der Waals surface area contributed by atoms with Gasteiger partial charge in [-0.15, -0.1) is 0 Å². The Morgan fingerprint density at radius 1 is 1.33 bits per heavy atom. The molecule has 0 amide bonds. The summed E-state index contributed by atoms with van der Waals surface area (Å²) < 4.78 is 5.28. The van der Waals surface area contributed by atoms with Gasteiger partial charge in [-0.3, -0.25) is 4.79 Å². The molecular formula is C11H19NO3. The van der Waals surface area contributed by atoms with E-state index in [9.17, 15) is 4.79 Å². The van der Waals surface area contributed by atoms with Crippen LogP contribution in [0.5, 0.6) is 0 Å². The normalized spacial score (nSPS) is 31.5. The van der Waals surface area contributed by atoms with Gasteiger partial charge in [-0.2, -0.15) is 0 Å². The number of ether oxygens (including phenoxy) is 1. The summed E-state index contributed by atoms with van der Waals surface area (Å²) in [6, 6.07) is 0. The molecule has 1 aliphatic heterocycles. The van der Waals surface area contributed by atoms with Gasteiger partial charge in [0.2, 0.25) is 0 Å². The molecule has 1 saturated heterocycles. The van der Waals surface area contributed by atoms with Crippen LogP contribution in [0.3, 0.4) is 0 Å². The highest BCUT2D eigenvalue weighted by Gasteiger charge is 2.42. The molecule has 0 aromatic rings. The highest BCUT2D eigenvalue weighted by Crippen LogP contribution is 2.37. The summed E-state index contributed by atoms with van der Waals surface area (Å²) in [5.74, 6) is 0.392. The summed E-state index contributed by atoms with van der Waals surface area (Å²) in [5.41, 5.74) is 0. The van der Waals surface area contributed by atoms with Crippen molar-refractivity contribution in [2.75, 3.05) is 26.3 Å². The van der Waals surface area contributed by atoms with E-state index in [1.807, 2.05) is 0 Å². The topological polar surface area (TPSA) is 58.6 Å². The number of nitrogens with one attached hydrogen (secondary N) is 1. The molecule has 2 atom stereocenters. The van der Waals surface area contributed by atoms with Crippen molar-refractivity contribution in [3.8, 4) is 0 Å². The SMILES string of the molecule is O=C(O)C1CC1CNCC1CCOCC1. The van der Waals surface area contributed by atoms with Crippen LogP contribution in [0.15, 0.2) is 0 Å². The van der Waals surface area contributed by atoms with E-state index in [0.29, 0.717) is 5.92 Å². The second-order valence-corrected chi connectivity index (χ2v) is 4.65. The van der Waals surface area contributed by atoms with E-state index in [0.717, 1.165) is 51.5 Å². The second-order valence-electron chi connectivity index (χ2n) is 4.65. The zero-order valence-corrected chi connectivity index (χ0v) is 8.95. The van der Waals surface area contributed by atoms with Gasteiger partial charge in [0, 0.05) is 13.2 Å². The van der Waals surface area contributed by atoms with Crippen molar-refractivity contribution in [3.63, 3.8) is 0 Å². The molecule has 4 heteroatoms. The Bertz CT molecular complexity index is 226. The largest absolute Gasteiger partial charge is 0.481 e. The standard InChI is InChI=1S/C11H19NO3/c13-11(14)10-5-9(10)7-12-6-8-1-3-15-4-2-8/h8-10,12H,1-7H2,(H,13,14). The molecular weight excluding hydrogens is 194 g/mol. The van der Waals surface area contributed by atoms with Crippen molar-refractivity contribution in [1.82, 2.24) is 5.32 Å². The molecule has 0 aromatic carbocycles. The Balaban J connectivity index is 1.54. The minimum Gasteiger partial charge on any atom is -0.481 e. The summed E-state index contributed by atoms with van der Waals surface area (Å²) in [6.45, 7) is 3.65. The molecule has 15 heavy (non-hydrogen) atoms. The highest BCUT2D eigenvalue weighted by molar-refractivity contribution is 5.73. The smallest absolute Gasteiger partial charge is 0.306 e. The predicted molar refractivity (Wildman–Crippen MR) is 55.6 cm³/mol. The average molecular weight is 213 g/mol. The average Bonchev–Trinajstić information content (AvgIpc) is 2.99. The Morgan fingerprint density at radius 3 is 2.67 bits per heavy atom. The summed E-state index contributed by atoms with van der Waals surface area (Å²) in [7, 11) is 0. The second kappa shape index (κ2) is 4.94. The summed E-state index contributed by atoms with van der Waals surface area (Å²) >= 11 is 0. The number of carbonyl (C=O) groups is 1. The number of aliphatic carboxylic acids is 1. The fourth-order valence-electron chi connectivity index (χ4n) is 2.20. The van der Waals surface area contributed by atoms with Crippen molar-refractivity contribution >= 4 is 5.97 Å². The lowest BCUT2D eigenvalue weighted by Crippen LogP contribution is -2.29. The van der Waals surface area contributed by atoms with Crippen LogP contribution in [0.25, 0.3) is 0 Å². The lowest BCUT2D eigenvalue weighted by molar-refractivity contribution is -0.138. The first-order valence-electron chi connectivity index (χ1n) is 5.78. The molecule has 2 unspecified atom stereocenters. The van der Waals surface area contributed by atoms with Gasteiger partial charge in [0.05, 0.1) is 5.92 Å². The molecule has 1 heterocycles. The molecule has 0 radical (unpaired) electrons. The van der Waals surface area contributed by atoms with Gasteiger partial charge in [-0.05, 0) is 44.2 Å². The van der Waals surface area contributed by atoms with E-state index in [2.05, 4.69) is 5.32 Å². The fourth-order valence-corrected chi connectivity index (χ4v) is 2.20. The van der Waals surface area contributed by atoms with Crippen molar-refractivity contribution in [3.05, 3.63) is 0 Å². The molecule has 86 valence electrons. The number of hydrogen-bond acceptors (Lipinski definition) is 3. The fraction of sp³-hybridized carbons (Fsp3) is 0.909. The maximum atomic E-state index is 10.6. The van der Waals surface area contributed by atoms with Crippen LogP contribution in [0, 0.1) is 17.8 Å². The molecule has 2 N–H and O–H groups in total. The minimum absolute atomic E-state index is 0.0767. The van der Waals surface area contributed by atoms with Gasteiger partial charge in [-0.1, -0.05) is 0 Å². The van der Waals surface area contributed by atoms with Crippen LogP contribution in [-0.4, -0.2) is 37.4 Å². The molecule has 1 saturated carbocycles. The quantitative estimate of drug-likeness (QED) is 0.706. The number of carboxylic acid groups (broad SMARTS) is 1. The van der Waals surface area contributed by atoms with Crippen LogP contribution < -0.4 is 5.32 Å². The van der Waals surface area contributed by atoms with Crippen molar-refractivity contribution in [2.24, 2.45) is 17.8 Å². The van der Waals surface area contributed by atoms with E-state index in [1.165, 1.54) is 0 Å². The zero-order valence-electron chi connectivity index (χ0n) is 8.95. The monoisotopic (exact) mass is 213 g/mol. The first-order chi connectivity index (χ1) is 7.27. The van der Waals surface area contributed by atoms with Crippen molar-refractivity contribution in [1.29, 1.82) is 0 Å². The molecule has 0 bridgehead atoms. The molecule has 2 aliphatic rings. The van der Waals surface area contributed by atoms with Gasteiger partial charge in [-0.25, -0.2) is 0 Å². The summed E-state index contributed by atoms with van der Waals surface area (Å²) in [5, 5.41) is 12.1. The van der Waals surface area contributed by atoms with Gasteiger partial charge in [0.15, 0.2) is 0 Å². The van der Waals surface area contributed by atoms with Gasteiger partial charge in [0.1, 0.15) is 0 Å². The maximum absolute atomic E-state index is 10.6. The summed E-state index contributed by atoms with van der Waals surface area (Å²) in [4.78, 5) is 10.6. The van der Waals surface area contributed by atoms with Crippen LogP contribution in [0.4, 0.5) is 0 Å². The zero-order chi connectivity index (χ0) is 10.7. The molecule has 2 rings (SSSR count). The highest BCUT2D eigenvalue weighted by atomic mass is 16.5.